The Morgan fingerprint density at radius 2 is 1.64 bits per heavy atom. The molecule has 4 rings (SSSR count). The maximum absolute atomic E-state index is 13.2. The van der Waals surface area contributed by atoms with Crippen molar-refractivity contribution >= 4 is 57.7 Å². The fourth-order valence-corrected chi connectivity index (χ4v) is 5.43. The molecule has 0 aliphatic rings. The zero-order valence-electron chi connectivity index (χ0n) is 19.4. The second kappa shape index (κ2) is 13.1. The molecule has 0 aliphatic heterocycles. The van der Waals surface area contributed by atoms with Gasteiger partial charge in [0.05, 0.1) is 0 Å². The van der Waals surface area contributed by atoms with E-state index in [2.05, 4.69) is 20.0 Å². The van der Waals surface area contributed by atoms with E-state index in [-0.39, 0.29) is 18.4 Å². The number of benzene rings is 3. The molecule has 36 heavy (non-hydrogen) atoms. The molecule has 7 nitrogen and oxygen atoms in total. The molecule has 184 valence electrons. The summed E-state index contributed by atoms with van der Waals surface area (Å²) in [5.74, 6) is 1.08. The van der Waals surface area contributed by atoms with Crippen molar-refractivity contribution in [3.63, 3.8) is 0 Å². The summed E-state index contributed by atoms with van der Waals surface area (Å²) in [6.45, 7) is 1.95. The van der Waals surface area contributed by atoms with Crippen molar-refractivity contribution in [2.45, 2.75) is 22.2 Å². The van der Waals surface area contributed by atoms with Gasteiger partial charge in [0.25, 0.3) is 5.91 Å². The summed E-state index contributed by atoms with van der Waals surface area (Å²) >= 11 is 4.13. The van der Waals surface area contributed by atoms with E-state index in [9.17, 15) is 9.59 Å². The lowest BCUT2D eigenvalue weighted by Gasteiger charge is -2.16. The van der Waals surface area contributed by atoms with Crippen molar-refractivity contribution in [3.05, 3.63) is 90.5 Å². The number of hydrogen-bond donors (Lipinski definition) is 2. The Morgan fingerprint density at radius 1 is 0.944 bits per heavy atom. The van der Waals surface area contributed by atoms with Gasteiger partial charge in [-0.05, 0) is 47.7 Å². The minimum absolute atomic E-state index is 0.0825. The third-order valence-corrected chi connectivity index (χ3v) is 7.50. The standard InChI is InChI=1S/C26H24N4O3S3/c1-2-34-26-29-25(36-30-26)28-24(32)23(18-9-5-3-6-10-18)35-21-15-13-19(14-16-21)27-22(31)17-33-20-11-7-4-8-12-20/h3-16,23H,2,17H2,1H3,(H,27,31)(H,28,29,30,32). The molecule has 0 radical (unpaired) electrons. The van der Waals surface area contributed by atoms with Crippen molar-refractivity contribution in [3.8, 4) is 5.75 Å². The molecule has 3 aromatic carbocycles. The van der Waals surface area contributed by atoms with Crippen LogP contribution in [-0.4, -0.2) is 33.5 Å². The lowest BCUT2D eigenvalue weighted by atomic mass is 10.1. The third-order valence-electron chi connectivity index (χ3n) is 4.76. The number of nitrogens with zero attached hydrogens (tertiary/aromatic N) is 2. The van der Waals surface area contributed by atoms with Crippen molar-refractivity contribution in [2.24, 2.45) is 0 Å². The van der Waals surface area contributed by atoms with Gasteiger partial charge in [-0.2, -0.15) is 9.36 Å². The fraction of sp³-hybridized carbons (Fsp3) is 0.154. The summed E-state index contributed by atoms with van der Waals surface area (Å²) in [7, 11) is 0. The summed E-state index contributed by atoms with van der Waals surface area (Å²) in [5.41, 5.74) is 1.53. The number of rotatable bonds is 11. The highest BCUT2D eigenvalue weighted by atomic mass is 32.2. The predicted molar refractivity (Wildman–Crippen MR) is 147 cm³/mol. The highest BCUT2D eigenvalue weighted by Crippen LogP contribution is 2.37. The van der Waals surface area contributed by atoms with E-state index in [1.807, 2.05) is 79.7 Å². The van der Waals surface area contributed by atoms with Crippen LogP contribution in [0.15, 0.2) is 95.0 Å². The molecule has 0 saturated heterocycles. The van der Waals surface area contributed by atoms with Crippen molar-refractivity contribution in [2.75, 3.05) is 23.0 Å². The van der Waals surface area contributed by atoms with Gasteiger partial charge in [0, 0.05) is 22.1 Å². The van der Waals surface area contributed by atoms with Gasteiger partial charge in [0.1, 0.15) is 11.0 Å². The molecule has 0 saturated carbocycles. The van der Waals surface area contributed by atoms with Gasteiger partial charge in [-0.3, -0.25) is 14.9 Å². The number of ether oxygens (including phenoxy) is 1. The summed E-state index contributed by atoms with van der Waals surface area (Å²) in [6.07, 6.45) is 0. The molecule has 4 aromatic rings. The van der Waals surface area contributed by atoms with Crippen LogP contribution in [0.4, 0.5) is 10.8 Å². The molecule has 0 bridgehead atoms. The van der Waals surface area contributed by atoms with Crippen LogP contribution in [0.1, 0.15) is 17.7 Å². The Hall–Kier alpha value is -3.34. The number of anilines is 2. The van der Waals surface area contributed by atoms with Crippen molar-refractivity contribution < 1.29 is 14.3 Å². The molecule has 1 aromatic heterocycles. The van der Waals surface area contributed by atoms with E-state index in [4.69, 9.17) is 4.74 Å². The van der Waals surface area contributed by atoms with Crippen LogP contribution in [-0.2, 0) is 9.59 Å². The number of para-hydroxylation sites is 1. The first-order valence-corrected chi connectivity index (χ1v) is 13.8. The number of hydrogen-bond acceptors (Lipinski definition) is 8. The molecule has 1 unspecified atom stereocenters. The lowest BCUT2D eigenvalue weighted by molar-refractivity contribution is -0.118. The second-order valence-electron chi connectivity index (χ2n) is 7.39. The van der Waals surface area contributed by atoms with Gasteiger partial charge in [-0.25, -0.2) is 0 Å². The van der Waals surface area contributed by atoms with Crippen LogP contribution in [0.25, 0.3) is 0 Å². The molecule has 2 N–H and O–H groups in total. The van der Waals surface area contributed by atoms with Gasteiger partial charge in [0.15, 0.2) is 6.61 Å². The van der Waals surface area contributed by atoms with E-state index in [1.165, 1.54) is 35.1 Å². The average Bonchev–Trinajstić information content (AvgIpc) is 3.35. The molecule has 1 atom stereocenters. The van der Waals surface area contributed by atoms with Gasteiger partial charge in [-0.15, -0.1) is 11.8 Å². The van der Waals surface area contributed by atoms with Crippen molar-refractivity contribution in [1.82, 2.24) is 9.36 Å². The monoisotopic (exact) mass is 536 g/mol. The fourth-order valence-electron chi connectivity index (χ4n) is 3.14. The summed E-state index contributed by atoms with van der Waals surface area (Å²) in [4.78, 5) is 30.7. The largest absolute Gasteiger partial charge is 0.484 e. The van der Waals surface area contributed by atoms with Crippen LogP contribution < -0.4 is 15.4 Å². The Balaban J connectivity index is 1.39. The normalized spacial score (nSPS) is 11.5. The highest BCUT2D eigenvalue weighted by Gasteiger charge is 2.23. The van der Waals surface area contributed by atoms with Crippen LogP contribution in [0.3, 0.4) is 0 Å². The summed E-state index contributed by atoms with van der Waals surface area (Å²) in [6, 6.07) is 26.1. The quantitative estimate of drug-likeness (QED) is 0.222. The summed E-state index contributed by atoms with van der Waals surface area (Å²) in [5, 5.41) is 6.38. The number of carbonyl (C=O) groups excluding carboxylic acids is 2. The minimum atomic E-state index is -0.489. The summed E-state index contributed by atoms with van der Waals surface area (Å²) < 4.78 is 9.75. The number of amides is 2. The highest BCUT2D eigenvalue weighted by molar-refractivity contribution is 8.00. The molecular formula is C26H24N4O3S3. The van der Waals surface area contributed by atoms with Gasteiger partial charge in [-0.1, -0.05) is 67.2 Å². The molecular weight excluding hydrogens is 513 g/mol. The average molecular weight is 537 g/mol. The van der Waals surface area contributed by atoms with Crippen molar-refractivity contribution in [1.29, 1.82) is 0 Å². The Kier molecular flexibility index (Phi) is 9.37. The third kappa shape index (κ3) is 7.58. The van der Waals surface area contributed by atoms with E-state index >= 15 is 0 Å². The first-order valence-electron chi connectivity index (χ1n) is 11.2. The van der Waals surface area contributed by atoms with E-state index in [0.717, 1.165) is 16.2 Å². The SMILES string of the molecule is CCSc1nsc(NC(=O)C(Sc2ccc(NC(=O)COc3ccccc3)cc2)c2ccccc2)n1. The molecule has 10 heteroatoms. The lowest BCUT2D eigenvalue weighted by Crippen LogP contribution is -2.20. The van der Waals surface area contributed by atoms with Gasteiger partial charge >= 0.3 is 0 Å². The number of aromatic nitrogens is 2. The first-order chi connectivity index (χ1) is 17.6. The second-order valence-corrected chi connectivity index (χ2v) is 10.5. The van der Waals surface area contributed by atoms with E-state index < -0.39 is 5.25 Å². The molecule has 1 heterocycles. The first kappa shape index (κ1) is 25.7. The topological polar surface area (TPSA) is 93.2 Å². The molecule has 0 spiro atoms. The van der Waals surface area contributed by atoms with Gasteiger partial charge < -0.3 is 10.1 Å². The number of thioether (sulfide) groups is 2. The zero-order valence-corrected chi connectivity index (χ0v) is 21.9. The van der Waals surface area contributed by atoms with Gasteiger partial charge in [0.2, 0.25) is 16.2 Å². The molecule has 2 amide bonds. The Bertz CT molecular complexity index is 1270. The van der Waals surface area contributed by atoms with Crippen LogP contribution in [0.5, 0.6) is 5.75 Å². The maximum Gasteiger partial charge on any atom is 0.262 e. The number of nitrogens with one attached hydrogen (secondary N) is 2. The zero-order chi connectivity index (χ0) is 25.2. The maximum atomic E-state index is 13.2. The van der Waals surface area contributed by atoms with E-state index in [1.54, 1.807) is 12.1 Å². The van der Waals surface area contributed by atoms with Crippen LogP contribution >= 0.6 is 35.1 Å². The smallest absolute Gasteiger partial charge is 0.262 e. The number of carbonyl (C=O) groups is 2. The predicted octanol–water partition coefficient (Wildman–Crippen LogP) is 6.14. The van der Waals surface area contributed by atoms with E-state index in [0.29, 0.717) is 21.7 Å². The van der Waals surface area contributed by atoms with Crippen LogP contribution in [0.2, 0.25) is 0 Å². The minimum Gasteiger partial charge on any atom is -0.484 e. The Morgan fingerprint density at radius 3 is 2.33 bits per heavy atom. The Labute approximate surface area is 222 Å². The molecule has 0 fully saturated rings. The van der Waals surface area contributed by atoms with Crippen LogP contribution in [0, 0.1) is 0 Å². The molecule has 0 aliphatic carbocycles.